The number of rotatable bonds is 24. The summed E-state index contributed by atoms with van der Waals surface area (Å²) in [4.78, 5) is 47.3. The fourth-order valence-electron chi connectivity index (χ4n) is 4.58. The van der Waals surface area contributed by atoms with Crippen molar-refractivity contribution >= 4 is 23.8 Å². The third-order valence-corrected chi connectivity index (χ3v) is 6.63. The summed E-state index contributed by atoms with van der Waals surface area (Å²) < 4.78 is 10.7. The molecule has 0 aliphatic heterocycles. The number of ether oxygens (including phenoxy) is 2. The first-order chi connectivity index (χ1) is 19.2. The van der Waals surface area contributed by atoms with E-state index in [4.69, 9.17) is 14.6 Å². The zero-order valence-corrected chi connectivity index (χ0v) is 27.1. The molecule has 0 aromatic rings. The number of carboxylic acid groups (broad SMARTS) is 1. The molecule has 41 heavy (non-hydrogen) atoms. The lowest BCUT2D eigenvalue weighted by atomic mass is 10.0. The Morgan fingerprint density at radius 3 is 1.29 bits per heavy atom. The van der Waals surface area contributed by atoms with E-state index in [-0.39, 0.29) is 30.3 Å². The topological polar surface area (TPSA) is 119 Å². The molecule has 0 fully saturated rings. The van der Waals surface area contributed by atoms with Crippen molar-refractivity contribution in [3.63, 3.8) is 0 Å². The van der Waals surface area contributed by atoms with Crippen molar-refractivity contribution in [2.24, 2.45) is 0 Å². The van der Waals surface area contributed by atoms with Gasteiger partial charge >= 0.3 is 17.9 Å². The Balaban J connectivity index is 3.64. The van der Waals surface area contributed by atoms with Gasteiger partial charge in [-0.05, 0) is 60.8 Å². The molecule has 8 nitrogen and oxygen atoms in total. The van der Waals surface area contributed by atoms with Crippen LogP contribution in [0.4, 0.5) is 0 Å². The van der Waals surface area contributed by atoms with Gasteiger partial charge in [-0.3, -0.25) is 14.4 Å². The lowest BCUT2D eigenvalue weighted by Crippen LogP contribution is -2.44. The van der Waals surface area contributed by atoms with Crippen LogP contribution < -0.4 is 5.32 Å². The van der Waals surface area contributed by atoms with E-state index < -0.39 is 23.6 Å². The van der Waals surface area contributed by atoms with Gasteiger partial charge in [0.15, 0.2) is 0 Å². The van der Waals surface area contributed by atoms with Gasteiger partial charge in [-0.2, -0.15) is 0 Å². The molecular weight excluding hydrogens is 522 g/mol. The molecule has 2 N–H and O–H groups in total. The Morgan fingerprint density at radius 1 is 0.561 bits per heavy atom. The first kappa shape index (κ1) is 38.9. The highest BCUT2D eigenvalue weighted by Crippen LogP contribution is 2.16. The highest BCUT2D eigenvalue weighted by Gasteiger charge is 2.27. The third-order valence-electron chi connectivity index (χ3n) is 6.63. The molecule has 0 heterocycles. The molecule has 240 valence electrons. The van der Waals surface area contributed by atoms with Gasteiger partial charge in [0.1, 0.15) is 17.2 Å². The van der Waals surface area contributed by atoms with Crippen LogP contribution in [0.25, 0.3) is 0 Å². The number of aliphatic carboxylic acids is 1. The van der Waals surface area contributed by atoms with Crippen LogP contribution in [-0.2, 0) is 28.7 Å². The number of hydrogen-bond acceptors (Lipinski definition) is 6. The van der Waals surface area contributed by atoms with Crippen LogP contribution in [0.3, 0.4) is 0 Å². The van der Waals surface area contributed by atoms with Gasteiger partial charge in [-0.25, -0.2) is 4.79 Å². The molecule has 0 radical (unpaired) electrons. The smallest absolute Gasteiger partial charge is 0.329 e. The molecule has 8 heteroatoms. The number of carbonyl (C=O) groups excluding carboxylic acids is 3. The summed E-state index contributed by atoms with van der Waals surface area (Å²) in [6, 6.07) is -0.930. The van der Waals surface area contributed by atoms with E-state index in [2.05, 4.69) is 5.32 Å². The molecule has 0 rings (SSSR count). The molecule has 0 aromatic carbocycles. The van der Waals surface area contributed by atoms with E-state index in [1.165, 1.54) is 70.6 Å². The number of amides is 1. The largest absolute Gasteiger partial charge is 0.481 e. The predicted molar refractivity (Wildman–Crippen MR) is 164 cm³/mol. The van der Waals surface area contributed by atoms with Crippen molar-refractivity contribution in [1.29, 1.82) is 0 Å². The lowest BCUT2D eigenvalue weighted by Gasteiger charge is -2.24. The summed E-state index contributed by atoms with van der Waals surface area (Å²) in [6.07, 6.45) is 19.5. The molecule has 1 unspecified atom stereocenters. The van der Waals surface area contributed by atoms with Crippen LogP contribution in [-0.4, -0.2) is 46.2 Å². The van der Waals surface area contributed by atoms with E-state index in [1.807, 2.05) is 20.8 Å². The Kier molecular flexibility index (Phi) is 21.3. The molecule has 0 bridgehead atoms. The molecule has 0 spiro atoms. The Morgan fingerprint density at radius 2 is 0.927 bits per heavy atom. The molecule has 0 saturated heterocycles. The summed E-state index contributed by atoms with van der Waals surface area (Å²) in [5, 5.41) is 11.6. The zero-order chi connectivity index (χ0) is 31.2. The normalized spacial score (nSPS) is 12.5. The average molecular weight is 584 g/mol. The van der Waals surface area contributed by atoms with Gasteiger partial charge in [0.05, 0.1) is 0 Å². The summed E-state index contributed by atoms with van der Waals surface area (Å²) >= 11 is 0. The molecule has 0 aromatic heterocycles. The van der Waals surface area contributed by atoms with E-state index in [0.717, 1.165) is 32.1 Å². The summed E-state index contributed by atoms with van der Waals surface area (Å²) in [5.74, 6) is -1.91. The van der Waals surface area contributed by atoms with Gasteiger partial charge in [0, 0.05) is 19.3 Å². The van der Waals surface area contributed by atoms with E-state index >= 15 is 0 Å². The minimum absolute atomic E-state index is 0.0225. The Bertz CT molecular complexity index is 737. The number of carbonyl (C=O) groups is 4. The highest BCUT2D eigenvalue weighted by atomic mass is 16.6. The average Bonchev–Trinajstić information content (AvgIpc) is 2.83. The second kappa shape index (κ2) is 22.5. The number of unbranched alkanes of at least 4 members (excludes halogenated alkanes) is 15. The van der Waals surface area contributed by atoms with Crippen LogP contribution in [0.5, 0.6) is 0 Å². The molecule has 1 atom stereocenters. The van der Waals surface area contributed by atoms with Gasteiger partial charge < -0.3 is 19.9 Å². The molecule has 1 amide bonds. The van der Waals surface area contributed by atoms with Crippen LogP contribution >= 0.6 is 0 Å². The van der Waals surface area contributed by atoms with Gasteiger partial charge in [0.2, 0.25) is 5.91 Å². The lowest BCUT2D eigenvalue weighted by molar-refractivity contribution is -0.159. The monoisotopic (exact) mass is 583 g/mol. The van der Waals surface area contributed by atoms with Crippen LogP contribution in [0.2, 0.25) is 0 Å². The maximum Gasteiger partial charge on any atom is 0.329 e. The van der Waals surface area contributed by atoms with E-state index in [9.17, 15) is 19.2 Å². The van der Waals surface area contributed by atoms with Gasteiger partial charge in [-0.15, -0.1) is 0 Å². The third kappa shape index (κ3) is 27.8. The van der Waals surface area contributed by atoms with Crippen molar-refractivity contribution in [3.05, 3.63) is 0 Å². The second-order valence-corrected chi connectivity index (χ2v) is 13.3. The van der Waals surface area contributed by atoms with E-state index in [1.54, 1.807) is 20.8 Å². The second-order valence-electron chi connectivity index (χ2n) is 13.3. The van der Waals surface area contributed by atoms with Crippen molar-refractivity contribution in [3.8, 4) is 0 Å². The number of esters is 2. The molecule has 0 aliphatic rings. The van der Waals surface area contributed by atoms with E-state index in [0.29, 0.717) is 12.8 Å². The quantitative estimate of drug-likeness (QED) is 0.0871. The summed E-state index contributed by atoms with van der Waals surface area (Å²) in [7, 11) is 0. The number of carboxylic acids is 1. The SMILES string of the molecule is CC(C)(C)OC(=O)CCCCCCCCCCCCCCCCCCC(=O)NC(CCC(=O)O)C(=O)OC(C)(C)C. The first-order valence-corrected chi connectivity index (χ1v) is 16.2. The van der Waals surface area contributed by atoms with Gasteiger partial charge in [0.25, 0.3) is 0 Å². The molecule has 0 aliphatic carbocycles. The maximum absolute atomic E-state index is 12.3. The fourth-order valence-corrected chi connectivity index (χ4v) is 4.58. The van der Waals surface area contributed by atoms with Crippen LogP contribution in [0.15, 0.2) is 0 Å². The number of hydrogen-bond donors (Lipinski definition) is 2. The summed E-state index contributed by atoms with van der Waals surface area (Å²) in [5.41, 5.74) is -1.08. The summed E-state index contributed by atoms with van der Waals surface area (Å²) in [6.45, 7) is 10.9. The standard InChI is InChI=1S/C33H61NO7/c1-32(2,3)40-30(38)24-22-20-18-16-14-12-10-8-7-9-11-13-15-17-19-21-23-28(35)34-27(25-26-29(36)37)31(39)41-33(4,5)6/h27H,7-26H2,1-6H3,(H,34,35)(H,36,37). The van der Waals surface area contributed by atoms with Crippen molar-refractivity contribution in [2.75, 3.05) is 0 Å². The number of nitrogens with one attached hydrogen (secondary N) is 1. The van der Waals surface area contributed by atoms with Crippen molar-refractivity contribution < 1.29 is 33.8 Å². The minimum Gasteiger partial charge on any atom is -0.481 e. The Hall–Kier alpha value is -2.12. The Labute approximate surface area is 250 Å². The van der Waals surface area contributed by atoms with Crippen LogP contribution in [0.1, 0.15) is 170 Å². The van der Waals surface area contributed by atoms with Crippen molar-refractivity contribution in [2.45, 2.75) is 187 Å². The molecule has 0 saturated carbocycles. The maximum atomic E-state index is 12.3. The first-order valence-electron chi connectivity index (χ1n) is 16.2. The fraction of sp³-hybridized carbons (Fsp3) is 0.879. The molecular formula is C33H61NO7. The van der Waals surface area contributed by atoms with Crippen LogP contribution in [0, 0.1) is 0 Å². The van der Waals surface area contributed by atoms with Gasteiger partial charge in [-0.1, -0.05) is 89.9 Å². The minimum atomic E-state index is -1.01. The zero-order valence-electron chi connectivity index (χ0n) is 27.1. The highest BCUT2D eigenvalue weighted by molar-refractivity contribution is 5.85. The van der Waals surface area contributed by atoms with Crippen molar-refractivity contribution in [1.82, 2.24) is 5.32 Å². The predicted octanol–water partition coefficient (Wildman–Crippen LogP) is 8.04.